The van der Waals surface area contributed by atoms with Gasteiger partial charge in [0.1, 0.15) is 17.1 Å². The number of hydrogen-bond donors (Lipinski definition) is 3. The fraction of sp³-hybridized carbons (Fsp3) is 0.500. The number of amides is 1. The summed E-state index contributed by atoms with van der Waals surface area (Å²) in [5.74, 6) is -0.431. The third kappa shape index (κ3) is 3.53. The summed E-state index contributed by atoms with van der Waals surface area (Å²) in [7, 11) is 0. The molecular weight excluding hydrogens is 266 g/mol. The van der Waals surface area contributed by atoms with E-state index in [2.05, 4.69) is 5.32 Å². The van der Waals surface area contributed by atoms with Crippen LogP contribution in [-0.2, 0) is 0 Å². The highest BCUT2D eigenvalue weighted by Gasteiger charge is 2.21. The number of carbonyl (C=O) groups excluding carboxylic acids is 1. The summed E-state index contributed by atoms with van der Waals surface area (Å²) in [6.07, 6.45) is 3.95. The van der Waals surface area contributed by atoms with Crippen LogP contribution in [0.25, 0.3) is 0 Å². The van der Waals surface area contributed by atoms with Gasteiger partial charge in [-0.1, -0.05) is 6.07 Å². The molecule has 1 aliphatic rings. The van der Waals surface area contributed by atoms with Gasteiger partial charge in [0.2, 0.25) is 0 Å². The van der Waals surface area contributed by atoms with Crippen molar-refractivity contribution in [3.63, 3.8) is 0 Å². The number of hydrogen-bond acceptors (Lipinski definition) is 3. The number of aromatic hydroxyl groups is 2. The van der Waals surface area contributed by atoms with Crippen molar-refractivity contribution >= 4 is 17.5 Å². The van der Waals surface area contributed by atoms with Crippen LogP contribution in [0.15, 0.2) is 18.2 Å². The van der Waals surface area contributed by atoms with Crippen LogP contribution in [0.4, 0.5) is 0 Å². The van der Waals surface area contributed by atoms with Gasteiger partial charge in [-0.25, -0.2) is 0 Å². The Morgan fingerprint density at radius 1 is 1.21 bits per heavy atom. The van der Waals surface area contributed by atoms with Crippen molar-refractivity contribution < 1.29 is 15.0 Å². The van der Waals surface area contributed by atoms with Gasteiger partial charge in [0.05, 0.1) is 0 Å². The van der Waals surface area contributed by atoms with E-state index in [1.165, 1.54) is 18.2 Å². The Hall–Kier alpha value is -1.42. The number of benzene rings is 1. The number of halogens is 1. The SMILES string of the molecule is O=C(NCC1CCC(Cl)CC1)c1c(O)cccc1O. The lowest BCUT2D eigenvalue weighted by Gasteiger charge is -2.25. The Morgan fingerprint density at radius 2 is 1.79 bits per heavy atom. The van der Waals surface area contributed by atoms with Crippen molar-refractivity contribution in [3.05, 3.63) is 23.8 Å². The minimum atomic E-state index is -0.441. The maximum atomic E-state index is 11.9. The molecule has 1 fully saturated rings. The zero-order chi connectivity index (χ0) is 13.8. The van der Waals surface area contributed by atoms with Crippen molar-refractivity contribution in [2.24, 2.45) is 5.92 Å². The van der Waals surface area contributed by atoms with E-state index in [9.17, 15) is 15.0 Å². The van der Waals surface area contributed by atoms with E-state index in [0.717, 1.165) is 25.7 Å². The van der Waals surface area contributed by atoms with E-state index >= 15 is 0 Å². The van der Waals surface area contributed by atoms with Gasteiger partial charge in [0, 0.05) is 11.9 Å². The van der Waals surface area contributed by atoms with Crippen molar-refractivity contribution in [2.75, 3.05) is 6.54 Å². The first-order valence-corrected chi connectivity index (χ1v) is 6.94. The third-order valence-electron chi connectivity index (χ3n) is 3.58. The van der Waals surface area contributed by atoms with Gasteiger partial charge < -0.3 is 15.5 Å². The zero-order valence-electron chi connectivity index (χ0n) is 10.6. The lowest BCUT2D eigenvalue weighted by atomic mass is 9.89. The van der Waals surface area contributed by atoms with E-state index in [-0.39, 0.29) is 22.4 Å². The Kier molecular flexibility index (Phi) is 4.53. The Balaban J connectivity index is 1.91. The average Bonchev–Trinajstić information content (AvgIpc) is 2.38. The Bertz CT molecular complexity index is 436. The number of carbonyl (C=O) groups is 1. The molecule has 19 heavy (non-hydrogen) atoms. The molecule has 0 saturated heterocycles. The van der Waals surface area contributed by atoms with E-state index in [0.29, 0.717) is 12.5 Å². The molecule has 0 atom stereocenters. The molecule has 0 aromatic heterocycles. The summed E-state index contributed by atoms with van der Waals surface area (Å²) in [6, 6.07) is 4.25. The van der Waals surface area contributed by atoms with Crippen LogP contribution < -0.4 is 5.32 Å². The lowest BCUT2D eigenvalue weighted by molar-refractivity contribution is 0.0938. The molecular formula is C14H18ClNO3. The number of phenols is 2. The zero-order valence-corrected chi connectivity index (χ0v) is 11.4. The molecule has 1 aromatic rings. The molecule has 0 heterocycles. The molecule has 2 rings (SSSR count). The standard InChI is InChI=1S/C14H18ClNO3/c15-10-6-4-9(5-7-10)8-16-14(19)13-11(17)2-1-3-12(13)18/h1-3,9-10,17-18H,4-8H2,(H,16,19). The van der Waals surface area contributed by atoms with Gasteiger partial charge in [-0.2, -0.15) is 0 Å². The third-order valence-corrected chi connectivity index (χ3v) is 4.01. The van der Waals surface area contributed by atoms with Gasteiger partial charge in [-0.3, -0.25) is 4.79 Å². The summed E-state index contributed by atoms with van der Waals surface area (Å²) in [6.45, 7) is 0.552. The number of nitrogens with one attached hydrogen (secondary N) is 1. The normalized spacial score (nSPS) is 23.0. The predicted molar refractivity (Wildman–Crippen MR) is 73.7 cm³/mol. The molecule has 3 N–H and O–H groups in total. The summed E-state index contributed by atoms with van der Waals surface area (Å²) >= 11 is 6.03. The smallest absolute Gasteiger partial charge is 0.258 e. The van der Waals surface area contributed by atoms with Crippen LogP contribution in [-0.4, -0.2) is 28.0 Å². The highest BCUT2D eigenvalue weighted by molar-refractivity contribution is 6.20. The molecule has 0 aliphatic heterocycles. The lowest BCUT2D eigenvalue weighted by Crippen LogP contribution is -2.31. The molecule has 1 amide bonds. The number of rotatable bonds is 3. The van der Waals surface area contributed by atoms with Gasteiger partial charge in [0.15, 0.2) is 0 Å². The van der Waals surface area contributed by atoms with Crippen LogP contribution in [0.1, 0.15) is 36.0 Å². The quantitative estimate of drug-likeness (QED) is 0.747. The van der Waals surface area contributed by atoms with Crippen LogP contribution in [0.3, 0.4) is 0 Å². The highest BCUT2D eigenvalue weighted by Crippen LogP contribution is 2.28. The van der Waals surface area contributed by atoms with Crippen molar-refractivity contribution in [3.8, 4) is 11.5 Å². The maximum absolute atomic E-state index is 11.9. The Morgan fingerprint density at radius 3 is 2.37 bits per heavy atom. The van der Waals surface area contributed by atoms with Crippen LogP contribution in [0.5, 0.6) is 11.5 Å². The van der Waals surface area contributed by atoms with E-state index < -0.39 is 5.91 Å². The van der Waals surface area contributed by atoms with Crippen molar-refractivity contribution in [2.45, 2.75) is 31.1 Å². The van der Waals surface area contributed by atoms with Crippen LogP contribution in [0, 0.1) is 5.92 Å². The fourth-order valence-electron chi connectivity index (χ4n) is 2.41. The van der Waals surface area contributed by atoms with Gasteiger partial charge >= 0.3 is 0 Å². The summed E-state index contributed by atoms with van der Waals surface area (Å²) in [4.78, 5) is 11.9. The maximum Gasteiger partial charge on any atom is 0.258 e. The monoisotopic (exact) mass is 283 g/mol. The molecule has 1 aliphatic carbocycles. The van der Waals surface area contributed by atoms with Crippen molar-refractivity contribution in [1.82, 2.24) is 5.32 Å². The highest BCUT2D eigenvalue weighted by atomic mass is 35.5. The Labute approximate surface area is 117 Å². The first-order valence-electron chi connectivity index (χ1n) is 6.51. The molecule has 0 spiro atoms. The van der Waals surface area contributed by atoms with Gasteiger partial charge in [-0.15, -0.1) is 11.6 Å². The summed E-state index contributed by atoms with van der Waals surface area (Å²) in [5.41, 5.74) is -0.0615. The second kappa shape index (κ2) is 6.15. The first-order chi connectivity index (χ1) is 9.08. The minimum Gasteiger partial charge on any atom is -0.507 e. The van der Waals surface area contributed by atoms with Crippen LogP contribution >= 0.6 is 11.6 Å². The van der Waals surface area contributed by atoms with Crippen molar-refractivity contribution in [1.29, 1.82) is 0 Å². The molecule has 104 valence electrons. The number of alkyl halides is 1. The molecule has 0 unspecified atom stereocenters. The fourth-order valence-corrected chi connectivity index (χ4v) is 2.66. The molecule has 0 radical (unpaired) electrons. The van der Waals surface area contributed by atoms with E-state index in [1.54, 1.807) is 0 Å². The number of phenolic OH excluding ortho intramolecular Hbond substituents is 2. The van der Waals surface area contributed by atoms with Crippen LogP contribution in [0.2, 0.25) is 0 Å². The largest absolute Gasteiger partial charge is 0.507 e. The minimum absolute atomic E-state index is 0.0615. The molecule has 4 nitrogen and oxygen atoms in total. The second-order valence-electron chi connectivity index (χ2n) is 5.00. The molecule has 1 saturated carbocycles. The van der Waals surface area contributed by atoms with Gasteiger partial charge in [-0.05, 0) is 43.7 Å². The summed E-state index contributed by atoms with van der Waals surface area (Å²) in [5, 5.41) is 22.2. The second-order valence-corrected chi connectivity index (χ2v) is 5.62. The molecule has 1 aromatic carbocycles. The van der Waals surface area contributed by atoms with Gasteiger partial charge in [0.25, 0.3) is 5.91 Å². The predicted octanol–water partition coefficient (Wildman–Crippen LogP) is 2.63. The topological polar surface area (TPSA) is 69.6 Å². The molecule has 0 bridgehead atoms. The van der Waals surface area contributed by atoms with E-state index in [1.807, 2.05) is 0 Å². The first kappa shape index (κ1) is 14.0. The molecule has 5 heteroatoms. The van der Waals surface area contributed by atoms with E-state index in [4.69, 9.17) is 11.6 Å². The average molecular weight is 284 g/mol. The summed E-state index contributed by atoms with van der Waals surface area (Å²) < 4.78 is 0.